The molecule has 2 heterocycles. The molecule has 0 aromatic heterocycles. The molecule has 16 heavy (non-hydrogen) atoms. The molecule has 86 valence electrons. The van der Waals surface area contributed by atoms with Gasteiger partial charge in [-0.3, -0.25) is 0 Å². The van der Waals surface area contributed by atoms with E-state index in [9.17, 15) is 0 Å². The van der Waals surface area contributed by atoms with Crippen LogP contribution in [0.4, 0.5) is 0 Å². The van der Waals surface area contributed by atoms with Gasteiger partial charge in [0.05, 0.1) is 19.8 Å². The molecule has 0 bridgehead atoms. The highest BCUT2D eigenvalue weighted by Gasteiger charge is 2.47. The summed E-state index contributed by atoms with van der Waals surface area (Å²) >= 11 is 0. The normalized spacial score (nSPS) is 21.9. The minimum atomic E-state index is -0.114. The third-order valence-electron chi connectivity index (χ3n) is 3.64. The first kappa shape index (κ1) is 10.3. The zero-order valence-corrected chi connectivity index (χ0v) is 10.2. The Kier molecular flexibility index (Phi) is 1.99. The molecule has 2 aliphatic rings. The lowest BCUT2D eigenvalue weighted by Crippen LogP contribution is -2.46. The average Bonchev–Trinajstić information content (AvgIpc) is 2.53. The molecule has 0 atom stereocenters. The fraction of sp³-hybridized carbons (Fsp3) is 0.571. The molecule has 3 rings (SSSR count). The SMILES string of the molecule is CC(C)(C)c1ccc2c(c1)C1(COC1)OC2. The minimum Gasteiger partial charge on any atom is -0.375 e. The van der Waals surface area contributed by atoms with Crippen molar-refractivity contribution < 1.29 is 9.47 Å². The number of benzene rings is 1. The third-order valence-corrected chi connectivity index (χ3v) is 3.64. The maximum absolute atomic E-state index is 5.89. The Hall–Kier alpha value is -0.860. The van der Waals surface area contributed by atoms with Gasteiger partial charge in [-0.1, -0.05) is 39.0 Å². The highest BCUT2D eigenvalue weighted by molar-refractivity contribution is 5.42. The van der Waals surface area contributed by atoms with E-state index in [4.69, 9.17) is 9.47 Å². The van der Waals surface area contributed by atoms with Gasteiger partial charge in [0.2, 0.25) is 0 Å². The van der Waals surface area contributed by atoms with Crippen LogP contribution in [-0.4, -0.2) is 13.2 Å². The molecule has 1 aromatic carbocycles. The summed E-state index contributed by atoms with van der Waals surface area (Å²) in [6.45, 7) is 8.90. The van der Waals surface area contributed by atoms with Gasteiger partial charge >= 0.3 is 0 Å². The fourth-order valence-electron chi connectivity index (χ4n) is 2.41. The van der Waals surface area contributed by atoms with Crippen LogP contribution in [0.5, 0.6) is 0 Å². The van der Waals surface area contributed by atoms with E-state index in [-0.39, 0.29) is 11.0 Å². The van der Waals surface area contributed by atoms with Crippen LogP contribution in [0.1, 0.15) is 37.5 Å². The molecule has 0 saturated carbocycles. The third kappa shape index (κ3) is 1.33. The Morgan fingerprint density at radius 1 is 1.19 bits per heavy atom. The number of rotatable bonds is 0. The summed E-state index contributed by atoms with van der Waals surface area (Å²) in [6.07, 6.45) is 0. The lowest BCUT2D eigenvalue weighted by atomic mass is 9.82. The van der Waals surface area contributed by atoms with Gasteiger partial charge < -0.3 is 9.47 Å². The van der Waals surface area contributed by atoms with Crippen molar-refractivity contribution in [2.45, 2.75) is 38.4 Å². The van der Waals surface area contributed by atoms with Crippen LogP contribution in [0.25, 0.3) is 0 Å². The monoisotopic (exact) mass is 218 g/mol. The Morgan fingerprint density at radius 3 is 2.50 bits per heavy atom. The maximum atomic E-state index is 5.89. The molecular formula is C14H18O2. The predicted molar refractivity (Wildman–Crippen MR) is 62.4 cm³/mol. The molecule has 1 saturated heterocycles. The zero-order valence-electron chi connectivity index (χ0n) is 10.2. The van der Waals surface area contributed by atoms with Crippen molar-refractivity contribution in [2.75, 3.05) is 13.2 Å². The van der Waals surface area contributed by atoms with Gasteiger partial charge in [0, 0.05) is 0 Å². The van der Waals surface area contributed by atoms with Gasteiger partial charge in [-0.15, -0.1) is 0 Å². The molecule has 2 aliphatic heterocycles. The lowest BCUT2D eigenvalue weighted by molar-refractivity contribution is -0.209. The first-order valence-electron chi connectivity index (χ1n) is 5.87. The van der Waals surface area contributed by atoms with Crippen molar-refractivity contribution in [3.63, 3.8) is 0 Å². The number of hydrogen-bond donors (Lipinski definition) is 0. The van der Waals surface area contributed by atoms with E-state index in [1.54, 1.807) is 0 Å². The molecular weight excluding hydrogens is 200 g/mol. The van der Waals surface area contributed by atoms with Crippen LogP contribution >= 0.6 is 0 Å². The van der Waals surface area contributed by atoms with Crippen molar-refractivity contribution in [3.05, 3.63) is 34.9 Å². The predicted octanol–water partition coefficient (Wildman–Crippen LogP) is 2.74. The van der Waals surface area contributed by atoms with Gasteiger partial charge in [0.15, 0.2) is 0 Å². The number of hydrogen-bond acceptors (Lipinski definition) is 2. The summed E-state index contributed by atoms with van der Waals surface area (Å²) in [5.74, 6) is 0. The number of ether oxygens (including phenoxy) is 2. The maximum Gasteiger partial charge on any atom is 0.140 e. The molecule has 0 amide bonds. The minimum absolute atomic E-state index is 0.114. The smallest absolute Gasteiger partial charge is 0.140 e. The topological polar surface area (TPSA) is 18.5 Å². The van der Waals surface area contributed by atoms with Crippen molar-refractivity contribution in [1.82, 2.24) is 0 Å². The second-order valence-electron chi connectivity index (χ2n) is 5.90. The van der Waals surface area contributed by atoms with E-state index < -0.39 is 0 Å². The van der Waals surface area contributed by atoms with Crippen LogP contribution in [0, 0.1) is 0 Å². The Balaban J connectivity index is 2.07. The van der Waals surface area contributed by atoms with Gasteiger partial charge in [-0.2, -0.15) is 0 Å². The van der Waals surface area contributed by atoms with Crippen molar-refractivity contribution in [2.24, 2.45) is 0 Å². The zero-order chi connectivity index (χ0) is 11.4. The molecule has 2 nitrogen and oxygen atoms in total. The van der Waals surface area contributed by atoms with E-state index in [0.29, 0.717) is 13.2 Å². The Bertz CT molecular complexity index is 425. The first-order valence-corrected chi connectivity index (χ1v) is 5.87. The van der Waals surface area contributed by atoms with Crippen molar-refractivity contribution in [1.29, 1.82) is 0 Å². The molecule has 0 aliphatic carbocycles. The first-order chi connectivity index (χ1) is 7.51. The summed E-state index contributed by atoms with van der Waals surface area (Å²) < 4.78 is 11.2. The van der Waals surface area contributed by atoms with E-state index in [1.807, 2.05) is 0 Å². The van der Waals surface area contributed by atoms with E-state index in [0.717, 1.165) is 6.61 Å². The molecule has 1 fully saturated rings. The van der Waals surface area contributed by atoms with Crippen LogP contribution in [0.15, 0.2) is 18.2 Å². The quantitative estimate of drug-likeness (QED) is 0.666. The van der Waals surface area contributed by atoms with Gasteiger partial charge in [-0.05, 0) is 22.1 Å². The van der Waals surface area contributed by atoms with Crippen LogP contribution in [0.3, 0.4) is 0 Å². The largest absolute Gasteiger partial charge is 0.375 e. The highest BCUT2D eigenvalue weighted by Crippen LogP contribution is 2.43. The van der Waals surface area contributed by atoms with Gasteiger partial charge in [-0.25, -0.2) is 0 Å². The van der Waals surface area contributed by atoms with E-state index in [1.165, 1.54) is 16.7 Å². The second kappa shape index (κ2) is 3.08. The van der Waals surface area contributed by atoms with Crippen LogP contribution < -0.4 is 0 Å². The van der Waals surface area contributed by atoms with Gasteiger partial charge in [0.25, 0.3) is 0 Å². The second-order valence-corrected chi connectivity index (χ2v) is 5.90. The lowest BCUT2D eigenvalue weighted by Gasteiger charge is -2.38. The molecule has 0 unspecified atom stereocenters. The summed E-state index contributed by atoms with van der Waals surface area (Å²) in [5.41, 5.74) is 4.14. The summed E-state index contributed by atoms with van der Waals surface area (Å²) in [5, 5.41) is 0. The van der Waals surface area contributed by atoms with E-state index >= 15 is 0 Å². The van der Waals surface area contributed by atoms with Crippen molar-refractivity contribution >= 4 is 0 Å². The standard InChI is InChI=1S/C14H18O2/c1-13(2,3)11-5-4-10-7-16-14(8-15-9-14)12(10)6-11/h4-6H,7-9H2,1-3H3. The average molecular weight is 218 g/mol. The molecule has 0 radical (unpaired) electrons. The summed E-state index contributed by atoms with van der Waals surface area (Å²) in [6, 6.07) is 6.74. The highest BCUT2D eigenvalue weighted by atomic mass is 16.6. The van der Waals surface area contributed by atoms with Crippen LogP contribution in [-0.2, 0) is 27.1 Å². The fourth-order valence-corrected chi connectivity index (χ4v) is 2.41. The van der Waals surface area contributed by atoms with Crippen molar-refractivity contribution in [3.8, 4) is 0 Å². The van der Waals surface area contributed by atoms with E-state index in [2.05, 4.69) is 39.0 Å². The molecule has 0 N–H and O–H groups in total. The molecule has 2 heteroatoms. The Morgan fingerprint density at radius 2 is 1.94 bits per heavy atom. The molecule has 1 aromatic rings. The summed E-state index contributed by atoms with van der Waals surface area (Å²) in [7, 11) is 0. The molecule has 1 spiro atoms. The number of fused-ring (bicyclic) bond motifs is 2. The summed E-state index contributed by atoms with van der Waals surface area (Å²) in [4.78, 5) is 0. The van der Waals surface area contributed by atoms with Gasteiger partial charge in [0.1, 0.15) is 5.60 Å². The van der Waals surface area contributed by atoms with Crippen LogP contribution in [0.2, 0.25) is 0 Å². The Labute approximate surface area is 96.6 Å².